The number of hydrogen-bond donors (Lipinski definition) is 0. The van der Waals surface area contributed by atoms with Crippen LogP contribution in [-0.4, -0.2) is 7.85 Å². The van der Waals surface area contributed by atoms with Gasteiger partial charge in [-0.1, -0.05) is 6.32 Å². The summed E-state index contributed by atoms with van der Waals surface area (Å²) in [5.74, 6) is 0. The maximum absolute atomic E-state index is 10.8. The van der Waals surface area contributed by atoms with E-state index in [1.54, 1.807) is 0 Å². The third-order valence-corrected chi connectivity index (χ3v) is 0.276. The molecule has 0 aromatic heterocycles. The fourth-order valence-electron chi connectivity index (χ4n) is 0.0630. The van der Waals surface area contributed by atoms with Crippen molar-refractivity contribution in [3.63, 3.8) is 0 Å². The molecule has 0 nitrogen and oxygen atoms in total. The van der Waals surface area contributed by atoms with Gasteiger partial charge in [0.2, 0.25) is 0 Å². The number of halogens is 1. The van der Waals surface area contributed by atoms with Crippen LogP contribution in [0.4, 0.5) is 4.39 Å². The highest BCUT2D eigenvalue weighted by Crippen LogP contribution is 1.88. The lowest BCUT2D eigenvalue weighted by Crippen LogP contribution is -1.63. The Morgan fingerprint density at radius 3 is 2.40 bits per heavy atom. The first-order valence-corrected chi connectivity index (χ1v) is 1.53. The zero-order chi connectivity index (χ0) is 4.12. The molecular formula is C3H5BF. The molecule has 27 valence electrons. The predicted molar refractivity (Wildman–Crippen MR) is 20.6 cm³/mol. The molecule has 5 heavy (non-hydrogen) atoms. The summed E-state index contributed by atoms with van der Waals surface area (Å²) in [5, 5.41) is 0. The minimum atomic E-state index is 0.375. The van der Waals surface area contributed by atoms with E-state index < -0.39 is 0 Å². The summed E-state index contributed by atoms with van der Waals surface area (Å²) in [6, 6.07) is 0. The summed E-state index contributed by atoms with van der Waals surface area (Å²) in [6.45, 7) is 0.556. The van der Waals surface area contributed by atoms with Crippen molar-refractivity contribution in [2.75, 3.05) is 0 Å². The SMILES string of the molecule is [B]CC[CH]F. The first-order valence-electron chi connectivity index (χ1n) is 1.53. The van der Waals surface area contributed by atoms with E-state index in [1.807, 2.05) is 0 Å². The van der Waals surface area contributed by atoms with E-state index in [-0.39, 0.29) is 0 Å². The van der Waals surface area contributed by atoms with E-state index in [1.165, 1.54) is 0 Å². The first kappa shape index (κ1) is 4.99. The summed E-state index contributed by atoms with van der Waals surface area (Å²) in [4.78, 5) is 0. The van der Waals surface area contributed by atoms with Gasteiger partial charge in [0.05, 0.1) is 7.85 Å². The maximum atomic E-state index is 10.8. The Hall–Kier alpha value is -0.00506. The van der Waals surface area contributed by atoms with Gasteiger partial charge in [0.25, 0.3) is 0 Å². The third-order valence-electron chi connectivity index (χ3n) is 0.276. The molecule has 0 aliphatic rings. The Bertz CT molecular complexity index is 14.4. The fraction of sp³-hybridized carbons (Fsp3) is 0.667. The Labute approximate surface area is 32.8 Å². The Kier molecular flexibility index (Phi) is 3.99. The summed E-state index contributed by atoms with van der Waals surface area (Å²) in [5.41, 5.74) is 0. The molecule has 0 aliphatic carbocycles. The molecule has 0 spiro atoms. The molecule has 0 aromatic carbocycles. The molecule has 2 heteroatoms. The van der Waals surface area contributed by atoms with Crippen LogP contribution in [0.1, 0.15) is 6.42 Å². The van der Waals surface area contributed by atoms with E-state index in [2.05, 4.69) is 0 Å². The highest BCUT2D eigenvalue weighted by Gasteiger charge is 1.73. The van der Waals surface area contributed by atoms with Gasteiger partial charge < -0.3 is 0 Å². The molecule has 0 unspecified atom stereocenters. The molecule has 0 N–H and O–H groups in total. The van der Waals surface area contributed by atoms with Crippen molar-refractivity contribution in [2.24, 2.45) is 0 Å². The van der Waals surface area contributed by atoms with Crippen molar-refractivity contribution in [1.82, 2.24) is 0 Å². The minimum Gasteiger partial charge on any atom is -0.244 e. The molecule has 0 amide bonds. The van der Waals surface area contributed by atoms with Crippen LogP contribution in [0.3, 0.4) is 0 Å². The first-order chi connectivity index (χ1) is 2.41. The summed E-state index contributed by atoms with van der Waals surface area (Å²) in [7, 11) is 4.87. The van der Waals surface area contributed by atoms with Gasteiger partial charge in [0.1, 0.15) is 6.67 Å². The molecule has 3 radical (unpaired) electrons. The van der Waals surface area contributed by atoms with Crippen LogP contribution in [0, 0.1) is 6.67 Å². The Morgan fingerprint density at radius 1 is 1.80 bits per heavy atom. The second-order valence-corrected chi connectivity index (χ2v) is 0.732. The zero-order valence-electron chi connectivity index (χ0n) is 2.95. The number of hydrogen-bond acceptors (Lipinski definition) is 0. The monoisotopic (exact) mass is 71.0 g/mol. The average Bonchev–Trinajstić information content (AvgIpc) is 1.41. The molecule has 0 bridgehead atoms. The van der Waals surface area contributed by atoms with Crippen LogP contribution in [-0.2, 0) is 0 Å². The Balaban J connectivity index is 2.19. The lowest BCUT2D eigenvalue weighted by atomic mass is 10.0. The lowest BCUT2D eigenvalue weighted by Gasteiger charge is -1.75. The van der Waals surface area contributed by atoms with Crippen molar-refractivity contribution in [3.05, 3.63) is 6.67 Å². The molecule has 0 atom stereocenters. The largest absolute Gasteiger partial charge is 0.244 e. The van der Waals surface area contributed by atoms with Crippen LogP contribution in [0.2, 0.25) is 6.32 Å². The van der Waals surface area contributed by atoms with E-state index in [9.17, 15) is 4.39 Å². The van der Waals surface area contributed by atoms with E-state index in [4.69, 9.17) is 7.85 Å². The average molecular weight is 70.9 g/mol. The molecular weight excluding hydrogens is 65.8 g/mol. The normalized spacial score (nSPS) is 8.20. The van der Waals surface area contributed by atoms with Crippen molar-refractivity contribution in [2.45, 2.75) is 12.7 Å². The molecule has 0 aliphatic heterocycles. The summed E-state index contributed by atoms with van der Waals surface area (Å²) >= 11 is 0. The summed E-state index contributed by atoms with van der Waals surface area (Å²) in [6.07, 6.45) is 0.788. The van der Waals surface area contributed by atoms with Crippen molar-refractivity contribution in [3.8, 4) is 0 Å². The lowest BCUT2D eigenvalue weighted by molar-refractivity contribution is 0.591. The van der Waals surface area contributed by atoms with Crippen molar-refractivity contribution >= 4 is 7.85 Å². The van der Waals surface area contributed by atoms with Gasteiger partial charge in [-0.05, 0) is 6.42 Å². The Morgan fingerprint density at radius 2 is 2.40 bits per heavy atom. The topological polar surface area (TPSA) is 0 Å². The quantitative estimate of drug-likeness (QED) is 0.427. The van der Waals surface area contributed by atoms with Crippen LogP contribution < -0.4 is 0 Å². The van der Waals surface area contributed by atoms with Gasteiger partial charge in [0, 0.05) is 0 Å². The van der Waals surface area contributed by atoms with Crippen LogP contribution in [0.15, 0.2) is 0 Å². The number of rotatable bonds is 2. The zero-order valence-corrected chi connectivity index (χ0v) is 2.95. The van der Waals surface area contributed by atoms with E-state index in [0.29, 0.717) is 19.4 Å². The molecule has 0 rings (SSSR count). The van der Waals surface area contributed by atoms with E-state index in [0.717, 1.165) is 0 Å². The maximum Gasteiger partial charge on any atom is 0.130 e. The van der Waals surface area contributed by atoms with Gasteiger partial charge >= 0.3 is 0 Å². The highest BCUT2D eigenvalue weighted by molar-refractivity contribution is 6.08. The molecule has 0 heterocycles. The molecule has 0 fully saturated rings. The van der Waals surface area contributed by atoms with Crippen molar-refractivity contribution in [1.29, 1.82) is 0 Å². The van der Waals surface area contributed by atoms with Crippen LogP contribution >= 0.6 is 0 Å². The van der Waals surface area contributed by atoms with Gasteiger partial charge in [-0.3, -0.25) is 0 Å². The van der Waals surface area contributed by atoms with Crippen LogP contribution in [0.5, 0.6) is 0 Å². The third kappa shape index (κ3) is 3.99. The van der Waals surface area contributed by atoms with Gasteiger partial charge in [-0.25, -0.2) is 4.39 Å². The predicted octanol–water partition coefficient (Wildman–Crippen LogP) is 1.09. The van der Waals surface area contributed by atoms with E-state index >= 15 is 0 Å². The molecule has 0 saturated carbocycles. The minimum absolute atomic E-state index is 0.375. The second-order valence-electron chi connectivity index (χ2n) is 0.732. The standard InChI is InChI=1S/C3H5BF/c4-2-1-3-5/h3H,1-2H2. The van der Waals surface area contributed by atoms with Gasteiger partial charge in [-0.2, -0.15) is 0 Å². The molecule has 0 aromatic rings. The van der Waals surface area contributed by atoms with Crippen molar-refractivity contribution < 1.29 is 4.39 Å². The summed E-state index contributed by atoms with van der Waals surface area (Å²) < 4.78 is 10.8. The second kappa shape index (κ2) is 3.99. The highest BCUT2D eigenvalue weighted by atomic mass is 19.1. The molecule has 0 saturated heterocycles. The van der Waals surface area contributed by atoms with Gasteiger partial charge in [-0.15, -0.1) is 0 Å². The van der Waals surface area contributed by atoms with Crippen LogP contribution in [0.25, 0.3) is 0 Å². The fourth-order valence-corrected chi connectivity index (χ4v) is 0.0630. The van der Waals surface area contributed by atoms with Gasteiger partial charge in [0.15, 0.2) is 0 Å². The smallest absolute Gasteiger partial charge is 0.130 e.